The molecule has 0 bridgehead atoms. The smallest absolute Gasteiger partial charge is 0.226 e. The highest BCUT2D eigenvalue weighted by Gasteiger charge is 2.34. The second-order valence-corrected chi connectivity index (χ2v) is 14.9. The monoisotopic (exact) mass is 769 g/mol. The number of nitrogens with two attached hydrogens (primary N) is 1. The fourth-order valence-corrected chi connectivity index (χ4v) is 7.93. The Morgan fingerprint density at radius 1 is 0.649 bits per heavy atom. The summed E-state index contributed by atoms with van der Waals surface area (Å²) in [6.07, 6.45) is 7.14. The van der Waals surface area contributed by atoms with E-state index >= 15 is 0 Å². The van der Waals surface area contributed by atoms with Crippen LogP contribution in [0.1, 0.15) is 101 Å². The zero-order chi connectivity index (χ0) is 40.5. The van der Waals surface area contributed by atoms with E-state index in [2.05, 4.69) is 53.3 Å². The van der Waals surface area contributed by atoms with E-state index in [1.165, 1.54) is 0 Å². The summed E-state index contributed by atoms with van der Waals surface area (Å²) < 4.78 is 0. The summed E-state index contributed by atoms with van der Waals surface area (Å²) in [6.45, 7) is 8.39. The first-order valence-corrected chi connectivity index (χ1v) is 20.1. The Morgan fingerprint density at radius 3 is 1.63 bits per heavy atom. The number of fused-ring (bicyclic) bond motifs is 2. The van der Waals surface area contributed by atoms with Crippen LogP contribution in [0.5, 0.6) is 0 Å². The second-order valence-electron chi connectivity index (χ2n) is 14.9. The van der Waals surface area contributed by atoms with Gasteiger partial charge in [0.1, 0.15) is 0 Å². The molecule has 11 heteroatoms. The normalized spacial score (nSPS) is 18.7. The predicted molar refractivity (Wildman–Crippen MR) is 231 cm³/mol. The van der Waals surface area contributed by atoms with Gasteiger partial charge in [-0.3, -0.25) is 19.2 Å². The molecule has 6 N–H and O–H groups in total. The number of hydrogen-bond donors (Lipinski definition) is 5. The standard InChI is InChI=1S/C46H55N7O4/c1-5-45(56)52-30(3)27-39(37-12-7-8-13-41(37)52)48-33-17-21-35(22-18-33)50-43(54)14-9-15-44(55)51-36-23-19-34(20-24-36)49-40-28-31(4)53(46(57)6-2)42-29-32(11-10-26-47)16-25-38(40)42/h7-8,10-13,16-25,29-31,39-40,48-49H,5-6,9,14-15,26-28,47H2,1-4H3,(H,50,54)(H,51,55)/b11-10+/t30-,31-,39+,40+/m0/s1. The van der Waals surface area contributed by atoms with Crippen LogP contribution in [0.2, 0.25) is 0 Å². The Balaban J connectivity index is 0.963. The number of amides is 4. The molecule has 11 nitrogen and oxygen atoms in total. The lowest BCUT2D eigenvalue weighted by Gasteiger charge is -2.40. The largest absolute Gasteiger partial charge is 0.378 e. The minimum absolute atomic E-state index is 0.000561. The zero-order valence-electron chi connectivity index (χ0n) is 33.4. The third-order valence-corrected chi connectivity index (χ3v) is 10.7. The number of carbonyl (C=O) groups is 4. The molecule has 0 unspecified atom stereocenters. The van der Waals surface area contributed by atoms with Crippen molar-refractivity contribution in [2.75, 3.05) is 37.6 Å². The molecule has 57 heavy (non-hydrogen) atoms. The van der Waals surface area contributed by atoms with E-state index in [0.29, 0.717) is 37.2 Å². The Morgan fingerprint density at radius 2 is 1.12 bits per heavy atom. The van der Waals surface area contributed by atoms with Gasteiger partial charge in [0, 0.05) is 78.4 Å². The number of nitrogens with zero attached hydrogens (tertiary/aromatic N) is 2. The summed E-state index contributed by atoms with van der Waals surface area (Å²) in [5, 5.41) is 13.1. The first-order valence-electron chi connectivity index (χ1n) is 20.1. The number of anilines is 6. The first-order chi connectivity index (χ1) is 27.6. The van der Waals surface area contributed by atoms with Gasteiger partial charge in [-0.25, -0.2) is 0 Å². The van der Waals surface area contributed by atoms with Crippen LogP contribution in [0.15, 0.2) is 97.1 Å². The third kappa shape index (κ3) is 9.90. The maximum atomic E-state index is 13.0. The molecule has 0 fully saturated rings. The van der Waals surface area contributed by atoms with Gasteiger partial charge in [-0.2, -0.15) is 0 Å². The van der Waals surface area contributed by atoms with Crippen molar-refractivity contribution in [3.63, 3.8) is 0 Å². The Kier molecular flexibility index (Phi) is 13.4. The van der Waals surface area contributed by atoms with Gasteiger partial charge in [0.2, 0.25) is 23.6 Å². The summed E-state index contributed by atoms with van der Waals surface area (Å²) >= 11 is 0. The molecule has 2 aliphatic heterocycles. The molecular formula is C46H55N7O4. The van der Waals surface area contributed by atoms with Crippen LogP contribution in [0.25, 0.3) is 6.08 Å². The predicted octanol–water partition coefficient (Wildman–Crippen LogP) is 8.78. The van der Waals surface area contributed by atoms with Crippen LogP contribution >= 0.6 is 0 Å². The van der Waals surface area contributed by atoms with Gasteiger partial charge >= 0.3 is 0 Å². The molecule has 0 saturated heterocycles. The number of benzene rings is 4. The maximum absolute atomic E-state index is 13.0. The Hall–Kier alpha value is -5.94. The molecule has 0 radical (unpaired) electrons. The number of para-hydroxylation sites is 1. The highest BCUT2D eigenvalue weighted by molar-refractivity contribution is 5.97. The molecule has 4 aromatic rings. The van der Waals surface area contributed by atoms with E-state index in [-0.39, 0.29) is 60.6 Å². The molecule has 298 valence electrons. The van der Waals surface area contributed by atoms with Gasteiger partial charge in [-0.15, -0.1) is 0 Å². The minimum atomic E-state index is -0.157. The first kappa shape index (κ1) is 40.7. The van der Waals surface area contributed by atoms with E-state index in [4.69, 9.17) is 5.73 Å². The van der Waals surface area contributed by atoms with Crippen molar-refractivity contribution in [1.82, 2.24) is 0 Å². The highest BCUT2D eigenvalue weighted by atomic mass is 16.2. The van der Waals surface area contributed by atoms with Crippen LogP contribution < -0.4 is 36.8 Å². The lowest BCUT2D eigenvalue weighted by molar-refractivity contribution is -0.119. The summed E-state index contributed by atoms with van der Waals surface area (Å²) in [5.41, 5.74) is 13.9. The SMILES string of the molecule is CCC(=O)N1c2ccccc2[C@H](Nc2ccc(NC(=O)CCCC(=O)Nc3ccc(N[C@@H]4C[C@H](C)N(C(=O)CC)c5cc(/C=C/CN)ccc54)cc3)cc2)C[C@@H]1C. The average Bonchev–Trinajstić information content (AvgIpc) is 3.21. The average molecular weight is 770 g/mol. The molecule has 6 rings (SSSR count). The van der Waals surface area contributed by atoms with Crippen molar-refractivity contribution < 1.29 is 19.2 Å². The van der Waals surface area contributed by atoms with Crippen LogP contribution in [0.4, 0.5) is 34.1 Å². The van der Waals surface area contributed by atoms with Gasteiger partial charge in [0.05, 0.1) is 12.1 Å². The van der Waals surface area contributed by atoms with E-state index in [0.717, 1.165) is 52.3 Å². The molecule has 4 aromatic carbocycles. The van der Waals surface area contributed by atoms with E-state index in [9.17, 15) is 19.2 Å². The van der Waals surface area contributed by atoms with Crippen molar-refractivity contribution >= 4 is 63.8 Å². The van der Waals surface area contributed by atoms with Gasteiger partial charge in [-0.1, -0.05) is 56.3 Å². The zero-order valence-corrected chi connectivity index (χ0v) is 33.4. The van der Waals surface area contributed by atoms with Crippen molar-refractivity contribution in [3.8, 4) is 0 Å². The van der Waals surface area contributed by atoms with E-state index in [1.807, 2.05) is 109 Å². The van der Waals surface area contributed by atoms with Crippen LogP contribution in [-0.2, 0) is 19.2 Å². The highest BCUT2D eigenvalue weighted by Crippen LogP contribution is 2.41. The molecule has 0 aromatic heterocycles. The second kappa shape index (κ2) is 18.8. The fraction of sp³-hybridized carbons (Fsp3) is 0.348. The van der Waals surface area contributed by atoms with Crippen molar-refractivity contribution in [2.45, 2.75) is 96.8 Å². The fourth-order valence-electron chi connectivity index (χ4n) is 7.93. The maximum Gasteiger partial charge on any atom is 0.226 e. The van der Waals surface area contributed by atoms with Crippen molar-refractivity contribution in [2.24, 2.45) is 5.73 Å². The molecule has 4 atom stereocenters. The molecule has 4 amide bonds. The van der Waals surface area contributed by atoms with Crippen LogP contribution in [-0.4, -0.2) is 42.3 Å². The molecule has 2 aliphatic rings. The molecule has 0 aliphatic carbocycles. The van der Waals surface area contributed by atoms with E-state index < -0.39 is 0 Å². The van der Waals surface area contributed by atoms with E-state index in [1.54, 1.807) is 0 Å². The molecule has 2 heterocycles. The third-order valence-electron chi connectivity index (χ3n) is 10.7. The summed E-state index contributed by atoms with van der Waals surface area (Å²) in [6, 6.07) is 29.6. The quantitative estimate of drug-likeness (QED) is 0.0861. The van der Waals surface area contributed by atoms with Crippen molar-refractivity contribution in [1.29, 1.82) is 0 Å². The number of carbonyl (C=O) groups excluding carboxylic acids is 4. The molecule has 0 saturated carbocycles. The molecule has 0 spiro atoms. The summed E-state index contributed by atoms with van der Waals surface area (Å²) in [4.78, 5) is 55.0. The lowest BCUT2D eigenvalue weighted by atomic mass is 9.90. The van der Waals surface area contributed by atoms with Gasteiger partial charge < -0.3 is 36.8 Å². The summed E-state index contributed by atoms with van der Waals surface area (Å²) in [7, 11) is 0. The van der Waals surface area contributed by atoms with Crippen LogP contribution in [0.3, 0.4) is 0 Å². The molecular weight excluding hydrogens is 715 g/mol. The topological polar surface area (TPSA) is 149 Å². The van der Waals surface area contributed by atoms with Gasteiger partial charge in [0.15, 0.2) is 0 Å². The Labute approximate surface area is 336 Å². The lowest BCUT2D eigenvalue weighted by Crippen LogP contribution is -2.44. The van der Waals surface area contributed by atoms with Gasteiger partial charge in [0.25, 0.3) is 0 Å². The van der Waals surface area contributed by atoms with Crippen LogP contribution in [0, 0.1) is 0 Å². The summed E-state index contributed by atoms with van der Waals surface area (Å²) in [5.74, 6) is -0.0928. The number of hydrogen-bond acceptors (Lipinski definition) is 7. The number of rotatable bonds is 14. The van der Waals surface area contributed by atoms with Crippen molar-refractivity contribution in [3.05, 3.63) is 114 Å². The van der Waals surface area contributed by atoms with Gasteiger partial charge in [-0.05, 0) is 110 Å². The minimum Gasteiger partial charge on any atom is -0.378 e. The number of nitrogens with one attached hydrogen (secondary N) is 4. The Bertz CT molecular complexity index is 2080.